The van der Waals surface area contributed by atoms with Crippen LogP contribution in [0.25, 0.3) is 0 Å². The maximum atomic E-state index is 12.8. The zero-order valence-corrected chi connectivity index (χ0v) is 16.1. The van der Waals surface area contributed by atoms with Crippen LogP contribution in [-0.2, 0) is 19.2 Å². The largest absolute Gasteiger partial charge is 0.347 e. The molecule has 0 bridgehead atoms. The highest BCUT2D eigenvalue weighted by Gasteiger charge is 2.73. The van der Waals surface area contributed by atoms with E-state index in [1.54, 1.807) is 0 Å². The summed E-state index contributed by atoms with van der Waals surface area (Å²) in [6.45, 7) is 2.28. The number of alkyl halides is 2. The zero-order chi connectivity index (χ0) is 19.1. The Hall–Kier alpha value is -1.34. The van der Waals surface area contributed by atoms with Crippen LogP contribution in [0, 0.1) is 11.8 Å². The summed E-state index contributed by atoms with van der Waals surface area (Å²) in [7, 11) is 0. The van der Waals surface area contributed by atoms with Crippen molar-refractivity contribution in [2.75, 3.05) is 6.54 Å². The van der Waals surface area contributed by atoms with Crippen molar-refractivity contribution in [2.24, 2.45) is 11.8 Å². The van der Waals surface area contributed by atoms with E-state index >= 15 is 0 Å². The molecule has 3 fully saturated rings. The van der Waals surface area contributed by atoms with Gasteiger partial charge in [-0.25, -0.2) is 0 Å². The Labute approximate surface area is 162 Å². The van der Waals surface area contributed by atoms with Gasteiger partial charge in [-0.2, -0.15) is 0 Å². The lowest BCUT2D eigenvalue weighted by Gasteiger charge is -2.27. The summed E-state index contributed by atoms with van der Waals surface area (Å²) >= 11 is 12.4. The van der Waals surface area contributed by atoms with Crippen LogP contribution < -0.4 is 10.6 Å². The van der Waals surface area contributed by atoms with Gasteiger partial charge in [0.1, 0.15) is 10.4 Å². The number of fused-ring (bicyclic) bond motifs is 1. The molecule has 144 valence electrons. The Kier molecular flexibility index (Phi) is 5.49. The molecule has 2 aliphatic carbocycles. The van der Waals surface area contributed by atoms with Gasteiger partial charge in [-0.1, -0.05) is 19.8 Å². The molecule has 0 radical (unpaired) electrons. The maximum absolute atomic E-state index is 12.8. The van der Waals surface area contributed by atoms with Crippen LogP contribution in [0.1, 0.15) is 39.0 Å². The summed E-state index contributed by atoms with van der Waals surface area (Å²) in [5.74, 6) is -2.29. The number of ketones is 1. The third-order valence-corrected chi connectivity index (χ3v) is 6.45. The average molecular weight is 404 g/mol. The van der Waals surface area contributed by atoms with Crippen LogP contribution in [0.3, 0.4) is 0 Å². The fraction of sp³-hybridized carbons (Fsp3) is 0.765. The van der Waals surface area contributed by atoms with E-state index in [4.69, 9.17) is 23.2 Å². The lowest BCUT2D eigenvalue weighted by Crippen LogP contribution is -2.54. The highest BCUT2D eigenvalue weighted by molar-refractivity contribution is 6.51. The summed E-state index contributed by atoms with van der Waals surface area (Å²) in [6.07, 6.45) is 4.23. The molecule has 2 N–H and O–H groups in total. The van der Waals surface area contributed by atoms with Gasteiger partial charge in [0.15, 0.2) is 0 Å². The van der Waals surface area contributed by atoms with E-state index < -0.39 is 34.0 Å². The molecular formula is C17H23Cl2N3O4. The zero-order valence-electron chi connectivity index (χ0n) is 14.5. The third-order valence-electron chi connectivity index (χ3n) is 5.39. The minimum atomic E-state index is -1.02. The fourth-order valence-electron chi connectivity index (χ4n) is 3.63. The smallest absolute Gasteiger partial charge is 0.289 e. The molecule has 0 spiro atoms. The first-order valence-corrected chi connectivity index (χ1v) is 9.80. The Balaban J connectivity index is 1.67. The van der Waals surface area contributed by atoms with Crippen molar-refractivity contribution in [1.82, 2.24) is 15.5 Å². The standard InChI is InChI=1S/C17H23Cl2N3O4/c1-2-3-4-11(14(24)16(26)20-9-5-6-9)21-15(25)13-12-10(17(12,18)19)7-22(13)8-23/h8-13H,2-7H2,1H3,(H,20,26)(H,21,25). The van der Waals surface area contributed by atoms with E-state index in [0.29, 0.717) is 25.8 Å². The van der Waals surface area contributed by atoms with E-state index in [1.807, 2.05) is 6.92 Å². The van der Waals surface area contributed by atoms with Gasteiger partial charge in [0.05, 0.1) is 6.04 Å². The number of halogens is 2. The number of likely N-dealkylation sites (tertiary alicyclic amines) is 1. The molecule has 4 unspecified atom stereocenters. The first kappa shape index (κ1) is 19.4. The first-order chi connectivity index (χ1) is 12.3. The predicted molar refractivity (Wildman–Crippen MR) is 95.6 cm³/mol. The molecular weight excluding hydrogens is 381 g/mol. The van der Waals surface area contributed by atoms with Crippen LogP contribution in [0.15, 0.2) is 0 Å². The number of hydrogen-bond acceptors (Lipinski definition) is 4. The van der Waals surface area contributed by atoms with Crippen molar-refractivity contribution in [2.45, 2.75) is 61.5 Å². The third kappa shape index (κ3) is 3.69. The second kappa shape index (κ2) is 7.35. The van der Waals surface area contributed by atoms with Crippen LogP contribution in [0.4, 0.5) is 0 Å². The average Bonchev–Trinajstić information content (AvgIpc) is 3.45. The number of amides is 3. The van der Waals surface area contributed by atoms with Crippen molar-refractivity contribution in [3.05, 3.63) is 0 Å². The van der Waals surface area contributed by atoms with Gasteiger partial charge in [0.25, 0.3) is 5.91 Å². The minimum Gasteiger partial charge on any atom is -0.347 e. The molecule has 3 aliphatic rings. The van der Waals surface area contributed by atoms with Gasteiger partial charge in [-0.05, 0) is 19.3 Å². The summed E-state index contributed by atoms with van der Waals surface area (Å²) in [4.78, 5) is 49.9. The molecule has 4 atom stereocenters. The van der Waals surface area contributed by atoms with Crippen molar-refractivity contribution in [3.8, 4) is 0 Å². The molecule has 0 aromatic carbocycles. The number of nitrogens with one attached hydrogen (secondary N) is 2. The topological polar surface area (TPSA) is 95.6 Å². The van der Waals surface area contributed by atoms with Crippen molar-refractivity contribution in [3.63, 3.8) is 0 Å². The Morgan fingerprint density at radius 3 is 2.58 bits per heavy atom. The molecule has 7 nitrogen and oxygen atoms in total. The molecule has 1 aliphatic heterocycles. The number of carbonyl (C=O) groups excluding carboxylic acids is 4. The number of rotatable bonds is 9. The monoisotopic (exact) mass is 403 g/mol. The van der Waals surface area contributed by atoms with E-state index in [9.17, 15) is 19.2 Å². The SMILES string of the molecule is CCCCC(NC(=O)C1C2C(CN1C=O)C2(Cl)Cl)C(=O)C(=O)NC1CC1. The molecule has 0 aromatic heterocycles. The first-order valence-electron chi connectivity index (χ1n) is 9.05. The number of nitrogens with zero attached hydrogens (tertiary/aromatic N) is 1. The van der Waals surface area contributed by atoms with Crippen molar-refractivity contribution in [1.29, 1.82) is 0 Å². The molecule has 26 heavy (non-hydrogen) atoms. The minimum absolute atomic E-state index is 0.0645. The lowest BCUT2D eigenvalue weighted by molar-refractivity contribution is -0.141. The molecule has 1 heterocycles. The normalized spacial score (nSPS) is 29.5. The Morgan fingerprint density at radius 1 is 1.31 bits per heavy atom. The van der Waals surface area contributed by atoms with Crippen molar-refractivity contribution >= 4 is 47.2 Å². The summed E-state index contributed by atoms with van der Waals surface area (Å²) in [5.41, 5.74) is 0. The van der Waals surface area contributed by atoms with Gasteiger partial charge in [-0.3, -0.25) is 19.2 Å². The second-order valence-corrected chi connectivity index (χ2v) is 8.81. The van der Waals surface area contributed by atoms with Crippen LogP contribution in [0.5, 0.6) is 0 Å². The molecule has 0 aromatic rings. The summed E-state index contributed by atoms with van der Waals surface area (Å²) in [6, 6.07) is -1.65. The summed E-state index contributed by atoms with van der Waals surface area (Å²) in [5, 5.41) is 5.31. The van der Waals surface area contributed by atoms with Gasteiger partial charge in [0.2, 0.25) is 18.1 Å². The molecule has 2 saturated carbocycles. The fourth-order valence-corrected chi connectivity index (χ4v) is 4.45. The molecule has 3 rings (SSSR count). The van der Waals surface area contributed by atoms with Gasteiger partial charge in [0, 0.05) is 24.4 Å². The number of carbonyl (C=O) groups is 4. The van der Waals surface area contributed by atoms with Crippen LogP contribution in [0.2, 0.25) is 0 Å². The maximum Gasteiger partial charge on any atom is 0.289 e. The number of Topliss-reactive ketones (excluding diaryl/α,β-unsaturated/α-hetero) is 1. The summed E-state index contributed by atoms with van der Waals surface area (Å²) < 4.78 is -1.02. The van der Waals surface area contributed by atoms with Gasteiger partial charge >= 0.3 is 0 Å². The van der Waals surface area contributed by atoms with E-state index in [2.05, 4.69) is 10.6 Å². The van der Waals surface area contributed by atoms with E-state index in [-0.39, 0.29) is 17.9 Å². The lowest BCUT2D eigenvalue weighted by atomic mass is 10.0. The van der Waals surface area contributed by atoms with Crippen molar-refractivity contribution < 1.29 is 19.2 Å². The second-order valence-electron chi connectivity index (χ2n) is 7.37. The quantitative estimate of drug-likeness (QED) is 0.337. The van der Waals surface area contributed by atoms with E-state index in [0.717, 1.165) is 19.3 Å². The predicted octanol–water partition coefficient (Wildman–Crippen LogP) is 0.770. The number of hydrogen-bond donors (Lipinski definition) is 2. The van der Waals surface area contributed by atoms with Crippen LogP contribution in [-0.4, -0.2) is 57.9 Å². The molecule has 3 amide bonds. The number of piperidine rings is 1. The molecule has 1 saturated heterocycles. The van der Waals surface area contributed by atoms with Gasteiger partial charge in [-0.15, -0.1) is 23.2 Å². The Morgan fingerprint density at radius 2 is 2.00 bits per heavy atom. The number of unbranched alkanes of at least 4 members (excludes halogenated alkanes) is 1. The highest BCUT2D eigenvalue weighted by Crippen LogP contribution is 2.65. The Bertz CT molecular complexity index is 623. The molecule has 9 heteroatoms. The van der Waals surface area contributed by atoms with E-state index in [1.165, 1.54) is 4.90 Å². The highest BCUT2D eigenvalue weighted by atomic mass is 35.5. The van der Waals surface area contributed by atoms with Crippen LogP contribution >= 0.6 is 23.2 Å². The van der Waals surface area contributed by atoms with Gasteiger partial charge < -0.3 is 15.5 Å².